The van der Waals surface area contributed by atoms with E-state index in [4.69, 9.17) is 37.9 Å². The van der Waals surface area contributed by atoms with Crippen molar-refractivity contribution < 1.29 is 42.7 Å². The molecule has 3 fully saturated rings. The van der Waals surface area contributed by atoms with E-state index in [2.05, 4.69) is 5.32 Å². The number of hydrogen-bond acceptors (Lipinski definition) is 9. The molecule has 1 amide bonds. The number of amides is 1. The first-order valence-corrected chi connectivity index (χ1v) is 10.6. The Bertz CT molecular complexity index is 560. The van der Waals surface area contributed by atoms with Gasteiger partial charge in [0.2, 0.25) is 5.91 Å². The monoisotopic (exact) mass is 433 g/mol. The number of ether oxygens (including phenoxy) is 8. The maximum absolute atomic E-state index is 11.6. The normalized spacial score (nSPS) is 34.1. The first kappa shape index (κ1) is 23.8. The van der Waals surface area contributed by atoms with E-state index in [-0.39, 0.29) is 18.6 Å². The quantitative estimate of drug-likeness (QED) is 0.409. The lowest BCUT2D eigenvalue weighted by Gasteiger charge is -2.42. The number of carbonyl (C=O) groups is 1. The molecule has 0 aliphatic carbocycles. The topological polar surface area (TPSA) is 103 Å². The summed E-state index contributed by atoms with van der Waals surface area (Å²) in [4.78, 5) is 11.6. The van der Waals surface area contributed by atoms with Gasteiger partial charge in [0, 0.05) is 13.5 Å². The Hall–Kier alpha value is -0.850. The molecule has 0 saturated carbocycles. The molecule has 3 saturated heterocycles. The van der Waals surface area contributed by atoms with Gasteiger partial charge in [-0.3, -0.25) is 4.79 Å². The summed E-state index contributed by atoms with van der Waals surface area (Å²) < 4.78 is 46.1. The van der Waals surface area contributed by atoms with E-state index < -0.39 is 29.8 Å². The second-order valence-electron chi connectivity index (χ2n) is 8.08. The van der Waals surface area contributed by atoms with Gasteiger partial charge in [-0.25, -0.2) is 0 Å². The van der Waals surface area contributed by atoms with Crippen LogP contribution >= 0.6 is 0 Å². The highest BCUT2D eigenvalue weighted by Gasteiger charge is 2.66. The third-order valence-electron chi connectivity index (χ3n) is 5.17. The van der Waals surface area contributed by atoms with E-state index in [0.29, 0.717) is 52.9 Å². The van der Waals surface area contributed by atoms with Gasteiger partial charge in [0.1, 0.15) is 23.9 Å². The maximum atomic E-state index is 11.6. The van der Waals surface area contributed by atoms with E-state index in [9.17, 15) is 4.79 Å². The van der Waals surface area contributed by atoms with Gasteiger partial charge in [-0.05, 0) is 20.8 Å². The Labute approximate surface area is 177 Å². The van der Waals surface area contributed by atoms with Crippen LogP contribution in [0.3, 0.4) is 0 Å². The van der Waals surface area contributed by atoms with Gasteiger partial charge >= 0.3 is 0 Å². The van der Waals surface area contributed by atoms with Crippen LogP contribution in [0.4, 0.5) is 0 Å². The average molecular weight is 433 g/mol. The highest BCUT2D eigenvalue weighted by atomic mass is 16.8. The second kappa shape index (κ2) is 10.6. The van der Waals surface area contributed by atoms with Crippen molar-refractivity contribution in [1.82, 2.24) is 5.32 Å². The first-order valence-electron chi connectivity index (χ1n) is 10.6. The van der Waals surface area contributed by atoms with Crippen LogP contribution in [0.2, 0.25) is 0 Å². The molecular formula is C20H35NO9. The van der Waals surface area contributed by atoms with E-state index >= 15 is 0 Å². The highest BCUT2D eigenvalue weighted by molar-refractivity contribution is 5.73. The Morgan fingerprint density at radius 2 is 1.60 bits per heavy atom. The van der Waals surface area contributed by atoms with E-state index in [0.717, 1.165) is 0 Å². The zero-order chi connectivity index (χ0) is 21.6. The van der Waals surface area contributed by atoms with Crippen LogP contribution in [0.15, 0.2) is 0 Å². The number of carbonyl (C=O) groups excluding carboxylic acids is 1. The van der Waals surface area contributed by atoms with Gasteiger partial charge in [-0.2, -0.15) is 0 Å². The largest absolute Gasteiger partial charge is 0.379 e. The molecule has 3 aliphatic heterocycles. The molecule has 174 valence electrons. The summed E-state index contributed by atoms with van der Waals surface area (Å²) in [5.74, 6) is -0.952. The summed E-state index contributed by atoms with van der Waals surface area (Å²) in [7, 11) is 0. The fourth-order valence-corrected chi connectivity index (χ4v) is 3.95. The molecular weight excluding hydrogens is 398 g/mol. The summed E-state index contributed by atoms with van der Waals surface area (Å²) in [6, 6.07) is -0.434. The lowest BCUT2D eigenvalue weighted by molar-refractivity contribution is -0.214. The van der Waals surface area contributed by atoms with Gasteiger partial charge in [-0.1, -0.05) is 0 Å². The van der Waals surface area contributed by atoms with Crippen molar-refractivity contribution in [3.05, 3.63) is 0 Å². The summed E-state index contributed by atoms with van der Waals surface area (Å²) in [5.41, 5.74) is -0.777. The summed E-state index contributed by atoms with van der Waals surface area (Å²) in [5, 5.41) is 2.87. The van der Waals surface area contributed by atoms with E-state index in [1.807, 2.05) is 20.8 Å². The van der Waals surface area contributed by atoms with Crippen LogP contribution in [0.25, 0.3) is 0 Å². The van der Waals surface area contributed by atoms with Crippen molar-refractivity contribution in [2.45, 2.75) is 63.6 Å². The Morgan fingerprint density at radius 3 is 2.23 bits per heavy atom. The molecule has 5 atom stereocenters. The summed E-state index contributed by atoms with van der Waals surface area (Å²) >= 11 is 0. The molecule has 10 nitrogen and oxygen atoms in total. The maximum Gasteiger partial charge on any atom is 0.217 e. The average Bonchev–Trinajstić information content (AvgIpc) is 3.23. The van der Waals surface area contributed by atoms with Crippen molar-refractivity contribution in [2.75, 3.05) is 59.5 Å². The predicted octanol–water partition coefficient (Wildman–Crippen LogP) is 0.223. The van der Waals surface area contributed by atoms with Gasteiger partial charge in [0.25, 0.3) is 0 Å². The molecule has 3 heterocycles. The van der Waals surface area contributed by atoms with Gasteiger partial charge < -0.3 is 43.2 Å². The SMILES string of the molecule is CCOCCOCCOCCOC[C@@]12CO[C@@H](O1)[C@H](NC(C)=O)[C@H]1OC(C)(C)O[C@H]12. The van der Waals surface area contributed by atoms with Gasteiger partial charge in [0.15, 0.2) is 12.1 Å². The van der Waals surface area contributed by atoms with Crippen LogP contribution in [-0.2, 0) is 42.7 Å². The molecule has 3 aliphatic rings. The minimum Gasteiger partial charge on any atom is -0.379 e. The predicted molar refractivity (Wildman–Crippen MR) is 104 cm³/mol. The molecule has 30 heavy (non-hydrogen) atoms. The lowest BCUT2D eigenvalue weighted by Crippen LogP contribution is -2.65. The Balaban J connectivity index is 1.41. The zero-order valence-electron chi connectivity index (χ0n) is 18.3. The molecule has 0 aromatic heterocycles. The molecule has 3 rings (SSSR count). The van der Waals surface area contributed by atoms with Crippen LogP contribution in [0.1, 0.15) is 27.7 Å². The Kier molecular flexibility index (Phi) is 8.45. The fourth-order valence-electron chi connectivity index (χ4n) is 3.95. The van der Waals surface area contributed by atoms with Crippen LogP contribution in [0, 0.1) is 0 Å². The highest BCUT2D eigenvalue weighted by Crippen LogP contribution is 2.46. The van der Waals surface area contributed by atoms with Crippen molar-refractivity contribution in [3.63, 3.8) is 0 Å². The molecule has 0 aromatic rings. The van der Waals surface area contributed by atoms with Gasteiger partial charge in [-0.15, -0.1) is 0 Å². The van der Waals surface area contributed by atoms with Crippen molar-refractivity contribution >= 4 is 5.91 Å². The number of hydrogen-bond donors (Lipinski definition) is 1. The molecule has 0 aromatic carbocycles. The van der Waals surface area contributed by atoms with Crippen LogP contribution < -0.4 is 5.32 Å². The van der Waals surface area contributed by atoms with Crippen molar-refractivity contribution in [3.8, 4) is 0 Å². The number of fused-ring (bicyclic) bond motifs is 4. The molecule has 2 bridgehead atoms. The lowest BCUT2D eigenvalue weighted by atomic mass is 9.88. The second-order valence-corrected chi connectivity index (χ2v) is 8.08. The van der Waals surface area contributed by atoms with Crippen molar-refractivity contribution in [2.24, 2.45) is 0 Å². The Morgan fingerprint density at radius 1 is 0.967 bits per heavy atom. The molecule has 0 radical (unpaired) electrons. The third-order valence-corrected chi connectivity index (χ3v) is 5.17. The van der Waals surface area contributed by atoms with Gasteiger partial charge in [0.05, 0.1) is 52.9 Å². The molecule has 0 spiro atoms. The van der Waals surface area contributed by atoms with E-state index in [1.54, 1.807) is 0 Å². The zero-order valence-corrected chi connectivity index (χ0v) is 18.3. The van der Waals surface area contributed by atoms with E-state index in [1.165, 1.54) is 6.92 Å². The van der Waals surface area contributed by atoms with Crippen molar-refractivity contribution in [1.29, 1.82) is 0 Å². The minimum absolute atomic E-state index is 0.172. The number of rotatable bonds is 13. The van der Waals surface area contributed by atoms with Crippen LogP contribution in [-0.4, -0.2) is 101 Å². The molecule has 0 unspecified atom stereocenters. The first-order chi connectivity index (χ1) is 14.4. The summed E-state index contributed by atoms with van der Waals surface area (Å²) in [6.45, 7) is 11.4. The third kappa shape index (κ3) is 5.89. The molecule has 10 heteroatoms. The fraction of sp³-hybridized carbons (Fsp3) is 0.950. The smallest absolute Gasteiger partial charge is 0.217 e. The number of nitrogens with one attached hydrogen (secondary N) is 1. The summed E-state index contributed by atoms with van der Waals surface area (Å²) in [6.07, 6.45) is -1.39. The van der Waals surface area contributed by atoms with Crippen LogP contribution in [0.5, 0.6) is 0 Å². The molecule has 1 N–H and O–H groups in total. The standard InChI is InChI=1S/C20H35NO9/c1-5-23-6-7-24-8-9-25-10-11-26-12-20-13-27-18(30-20)15(21-14(2)22)16-17(20)29-19(3,4)28-16/h15-18H,5-13H2,1-4H3,(H,21,22)/t15-,16-,17-,18+,20+/m1/s1. The minimum atomic E-state index is -0.780.